The molecule has 5 nitrogen and oxygen atoms in total. The van der Waals surface area contributed by atoms with Gasteiger partial charge in [0.25, 0.3) is 5.91 Å². The molecule has 144 valence electrons. The van der Waals surface area contributed by atoms with Gasteiger partial charge in [0.2, 0.25) is 5.91 Å². The molecule has 1 heterocycles. The molecule has 0 radical (unpaired) electrons. The van der Waals surface area contributed by atoms with Gasteiger partial charge in [-0.25, -0.2) is 0 Å². The fraction of sp³-hybridized carbons (Fsp3) is 0.600. The SMILES string of the molecule is Cl.NC1CCCC(C(=O)N2CCCCC2CNC(=O)c2ccccc2)C1. The van der Waals surface area contributed by atoms with Crippen molar-refractivity contribution >= 4 is 24.2 Å². The maximum Gasteiger partial charge on any atom is 0.251 e. The minimum Gasteiger partial charge on any atom is -0.350 e. The Morgan fingerprint density at radius 2 is 1.85 bits per heavy atom. The molecule has 2 aliphatic rings. The molecular weight excluding hydrogens is 350 g/mol. The first-order chi connectivity index (χ1) is 12.1. The topological polar surface area (TPSA) is 75.4 Å². The number of carbonyl (C=O) groups is 2. The standard InChI is InChI=1S/C20H29N3O2.ClH/c21-17-10-6-9-16(13-17)20(25)23-12-5-4-11-18(23)14-22-19(24)15-7-2-1-3-8-15;/h1-3,7-8,16-18H,4-6,9-14,21H2,(H,22,24);1H. The Bertz CT molecular complexity index is 596. The lowest BCUT2D eigenvalue weighted by Gasteiger charge is -2.39. The maximum absolute atomic E-state index is 13.0. The Kier molecular flexibility index (Phi) is 7.91. The molecule has 1 aliphatic heterocycles. The highest BCUT2D eigenvalue weighted by atomic mass is 35.5. The third-order valence-electron chi connectivity index (χ3n) is 5.51. The molecule has 1 saturated carbocycles. The molecule has 3 unspecified atom stereocenters. The second-order valence-electron chi connectivity index (χ2n) is 7.38. The van der Waals surface area contributed by atoms with E-state index in [0.29, 0.717) is 12.1 Å². The van der Waals surface area contributed by atoms with E-state index < -0.39 is 0 Å². The molecule has 3 atom stereocenters. The number of nitrogens with one attached hydrogen (secondary N) is 1. The van der Waals surface area contributed by atoms with E-state index in [1.807, 2.05) is 35.2 Å². The van der Waals surface area contributed by atoms with Crippen molar-refractivity contribution in [1.82, 2.24) is 10.2 Å². The van der Waals surface area contributed by atoms with Crippen LogP contribution in [0.25, 0.3) is 0 Å². The first-order valence-electron chi connectivity index (χ1n) is 9.54. The molecule has 1 aromatic carbocycles. The highest BCUT2D eigenvalue weighted by Gasteiger charge is 2.33. The second-order valence-corrected chi connectivity index (χ2v) is 7.38. The number of nitrogens with zero attached hydrogens (tertiary/aromatic N) is 1. The fourth-order valence-electron chi connectivity index (χ4n) is 4.09. The molecule has 26 heavy (non-hydrogen) atoms. The Morgan fingerprint density at radius 1 is 1.08 bits per heavy atom. The summed E-state index contributed by atoms with van der Waals surface area (Å²) >= 11 is 0. The van der Waals surface area contributed by atoms with Crippen LogP contribution >= 0.6 is 12.4 Å². The van der Waals surface area contributed by atoms with E-state index in [2.05, 4.69) is 5.32 Å². The van der Waals surface area contributed by atoms with Gasteiger partial charge in [0.05, 0.1) is 0 Å². The molecule has 0 aromatic heterocycles. The van der Waals surface area contributed by atoms with Crippen LogP contribution in [-0.2, 0) is 4.79 Å². The van der Waals surface area contributed by atoms with Crippen molar-refractivity contribution in [3.8, 4) is 0 Å². The van der Waals surface area contributed by atoms with Crippen molar-refractivity contribution in [2.24, 2.45) is 11.7 Å². The van der Waals surface area contributed by atoms with Crippen molar-refractivity contribution in [3.05, 3.63) is 35.9 Å². The van der Waals surface area contributed by atoms with Crippen LogP contribution in [0.2, 0.25) is 0 Å². The summed E-state index contributed by atoms with van der Waals surface area (Å²) in [4.78, 5) is 27.3. The molecule has 1 saturated heterocycles. The number of carbonyl (C=O) groups excluding carboxylic acids is 2. The van der Waals surface area contributed by atoms with Gasteiger partial charge in [0, 0.05) is 36.7 Å². The number of rotatable bonds is 4. The third-order valence-corrected chi connectivity index (χ3v) is 5.51. The molecule has 0 spiro atoms. The number of likely N-dealkylation sites (tertiary alicyclic amines) is 1. The van der Waals surface area contributed by atoms with Crippen LogP contribution in [0.1, 0.15) is 55.3 Å². The van der Waals surface area contributed by atoms with Crippen molar-refractivity contribution in [2.75, 3.05) is 13.1 Å². The zero-order valence-corrected chi connectivity index (χ0v) is 16.0. The molecule has 6 heteroatoms. The third kappa shape index (κ3) is 5.21. The Morgan fingerprint density at radius 3 is 2.58 bits per heavy atom. The van der Waals surface area contributed by atoms with Crippen LogP contribution in [0.5, 0.6) is 0 Å². The first-order valence-corrected chi connectivity index (χ1v) is 9.54. The lowest BCUT2D eigenvalue weighted by Crippen LogP contribution is -2.52. The van der Waals surface area contributed by atoms with E-state index in [0.717, 1.165) is 51.5 Å². The van der Waals surface area contributed by atoms with Crippen LogP contribution in [0, 0.1) is 5.92 Å². The Labute approximate surface area is 162 Å². The number of halogens is 1. The number of benzene rings is 1. The lowest BCUT2D eigenvalue weighted by molar-refractivity contribution is -0.140. The first kappa shape index (κ1) is 20.7. The normalized spacial score (nSPS) is 25.9. The highest BCUT2D eigenvalue weighted by molar-refractivity contribution is 5.94. The van der Waals surface area contributed by atoms with Gasteiger partial charge in [0.15, 0.2) is 0 Å². The van der Waals surface area contributed by atoms with Gasteiger partial charge in [-0.3, -0.25) is 9.59 Å². The molecule has 3 N–H and O–H groups in total. The van der Waals surface area contributed by atoms with Gasteiger partial charge in [-0.1, -0.05) is 24.6 Å². The molecule has 1 aromatic rings. The van der Waals surface area contributed by atoms with Crippen molar-refractivity contribution in [1.29, 1.82) is 0 Å². The molecular formula is C20H30ClN3O2. The average molecular weight is 380 g/mol. The van der Waals surface area contributed by atoms with E-state index in [4.69, 9.17) is 5.73 Å². The van der Waals surface area contributed by atoms with E-state index in [-0.39, 0.29) is 42.2 Å². The predicted octanol–water partition coefficient (Wildman–Crippen LogP) is 2.74. The summed E-state index contributed by atoms with van der Waals surface area (Å²) in [6, 6.07) is 9.49. The van der Waals surface area contributed by atoms with E-state index in [9.17, 15) is 9.59 Å². The van der Waals surface area contributed by atoms with Gasteiger partial charge >= 0.3 is 0 Å². The monoisotopic (exact) mass is 379 g/mol. The quantitative estimate of drug-likeness (QED) is 0.844. The van der Waals surface area contributed by atoms with Gasteiger partial charge in [0.1, 0.15) is 0 Å². The average Bonchev–Trinajstić information content (AvgIpc) is 2.66. The molecule has 2 fully saturated rings. The minimum atomic E-state index is -0.0711. The van der Waals surface area contributed by atoms with E-state index in [1.165, 1.54) is 0 Å². The minimum absolute atomic E-state index is 0. The van der Waals surface area contributed by atoms with Gasteiger partial charge in [-0.15, -0.1) is 12.4 Å². The summed E-state index contributed by atoms with van der Waals surface area (Å²) in [6.07, 6.45) is 6.94. The number of hydrogen-bond donors (Lipinski definition) is 2. The highest BCUT2D eigenvalue weighted by Crippen LogP contribution is 2.28. The molecule has 3 rings (SSSR count). The second kappa shape index (κ2) is 9.93. The van der Waals surface area contributed by atoms with Gasteiger partial charge < -0.3 is 16.0 Å². The van der Waals surface area contributed by atoms with Crippen molar-refractivity contribution in [3.63, 3.8) is 0 Å². The summed E-state index contributed by atoms with van der Waals surface area (Å²) in [6.45, 7) is 1.33. The van der Waals surface area contributed by atoms with Gasteiger partial charge in [-0.05, 0) is 50.7 Å². The molecule has 1 aliphatic carbocycles. The summed E-state index contributed by atoms with van der Waals surface area (Å²) in [5.41, 5.74) is 6.72. The zero-order chi connectivity index (χ0) is 17.6. The number of nitrogens with two attached hydrogens (primary N) is 1. The Balaban J connectivity index is 0.00000243. The summed E-state index contributed by atoms with van der Waals surface area (Å²) in [7, 11) is 0. The van der Waals surface area contributed by atoms with Crippen molar-refractivity contribution in [2.45, 2.75) is 57.0 Å². The van der Waals surface area contributed by atoms with Gasteiger partial charge in [-0.2, -0.15) is 0 Å². The number of amides is 2. The summed E-state index contributed by atoms with van der Waals surface area (Å²) in [5, 5.41) is 3.01. The van der Waals surface area contributed by atoms with Crippen LogP contribution in [-0.4, -0.2) is 41.9 Å². The van der Waals surface area contributed by atoms with Crippen LogP contribution < -0.4 is 11.1 Å². The van der Waals surface area contributed by atoms with E-state index in [1.54, 1.807) is 0 Å². The smallest absolute Gasteiger partial charge is 0.251 e. The van der Waals surface area contributed by atoms with Crippen LogP contribution in [0.4, 0.5) is 0 Å². The lowest BCUT2D eigenvalue weighted by atomic mass is 9.84. The molecule has 0 bridgehead atoms. The zero-order valence-electron chi connectivity index (χ0n) is 15.2. The fourth-order valence-corrected chi connectivity index (χ4v) is 4.09. The number of hydrogen-bond acceptors (Lipinski definition) is 3. The summed E-state index contributed by atoms with van der Waals surface area (Å²) in [5.74, 6) is 0.237. The Hall–Kier alpha value is -1.59. The molecule has 2 amide bonds. The number of piperidine rings is 1. The largest absolute Gasteiger partial charge is 0.350 e. The van der Waals surface area contributed by atoms with Crippen LogP contribution in [0.3, 0.4) is 0 Å². The summed E-state index contributed by atoms with van der Waals surface area (Å²) < 4.78 is 0. The van der Waals surface area contributed by atoms with Crippen LogP contribution in [0.15, 0.2) is 30.3 Å². The van der Waals surface area contributed by atoms with Crippen molar-refractivity contribution < 1.29 is 9.59 Å². The van der Waals surface area contributed by atoms with E-state index >= 15 is 0 Å². The predicted molar refractivity (Wildman–Crippen MR) is 105 cm³/mol. The maximum atomic E-state index is 13.0.